The molecule has 0 bridgehead atoms. The molecule has 1 aromatic carbocycles. The fourth-order valence-electron chi connectivity index (χ4n) is 2.32. The lowest BCUT2D eigenvalue weighted by Crippen LogP contribution is -2.39. The molecule has 8 heteroatoms. The second-order valence-corrected chi connectivity index (χ2v) is 6.24. The summed E-state index contributed by atoms with van der Waals surface area (Å²) in [5.74, 6) is 1.27. The van der Waals surface area contributed by atoms with Crippen molar-refractivity contribution in [3.05, 3.63) is 29.8 Å². The van der Waals surface area contributed by atoms with Crippen LogP contribution in [0.2, 0.25) is 0 Å². The molecule has 5 nitrogen and oxygen atoms in total. The molecule has 1 saturated carbocycles. The highest BCUT2D eigenvalue weighted by Crippen LogP contribution is 2.28. The van der Waals surface area contributed by atoms with Crippen LogP contribution in [0.15, 0.2) is 29.3 Å². The molecule has 0 aromatic heterocycles. The van der Waals surface area contributed by atoms with Gasteiger partial charge in [-0.2, -0.15) is 0 Å². The first-order valence-electron chi connectivity index (χ1n) is 8.83. The summed E-state index contributed by atoms with van der Waals surface area (Å²) in [6.07, 6.45) is -0.491. The van der Waals surface area contributed by atoms with Crippen molar-refractivity contribution in [1.82, 2.24) is 10.6 Å². The Hall–Kier alpha value is -1.96. The fraction of sp³-hybridized carbons (Fsp3) is 0.611. The first-order valence-corrected chi connectivity index (χ1v) is 8.83. The van der Waals surface area contributed by atoms with Crippen LogP contribution in [0.1, 0.15) is 24.8 Å². The van der Waals surface area contributed by atoms with E-state index in [0.29, 0.717) is 18.9 Å². The Morgan fingerprint density at radius 1 is 1.15 bits per heavy atom. The summed E-state index contributed by atoms with van der Waals surface area (Å²) in [6.45, 7) is 3.01. The predicted octanol–water partition coefficient (Wildman–Crippen LogP) is 3.11. The van der Waals surface area contributed by atoms with E-state index < -0.39 is 6.36 Å². The van der Waals surface area contributed by atoms with E-state index in [1.165, 1.54) is 25.0 Å². The van der Waals surface area contributed by atoms with Gasteiger partial charge in [0, 0.05) is 33.4 Å². The molecule has 2 N–H and O–H groups in total. The zero-order chi connectivity index (χ0) is 18.8. The lowest BCUT2D eigenvalue weighted by atomic mass is 10.1. The van der Waals surface area contributed by atoms with Gasteiger partial charge in [-0.15, -0.1) is 13.2 Å². The number of guanidine groups is 1. The smallest absolute Gasteiger partial charge is 0.406 e. The van der Waals surface area contributed by atoms with Gasteiger partial charge in [-0.1, -0.05) is 12.1 Å². The number of benzene rings is 1. The van der Waals surface area contributed by atoms with Crippen molar-refractivity contribution >= 4 is 5.96 Å². The maximum absolute atomic E-state index is 12.1. The van der Waals surface area contributed by atoms with Gasteiger partial charge in [0.25, 0.3) is 0 Å². The molecule has 1 aromatic rings. The average Bonchev–Trinajstić information content (AvgIpc) is 3.40. The maximum Gasteiger partial charge on any atom is 0.573 e. The second-order valence-electron chi connectivity index (χ2n) is 6.24. The second kappa shape index (κ2) is 10.3. The van der Waals surface area contributed by atoms with E-state index in [9.17, 15) is 13.2 Å². The highest BCUT2D eigenvalue weighted by Gasteiger charge is 2.30. The zero-order valence-corrected chi connectivity index (χ0v) is 14.9. The third-order valence-electron chi connectivity index (χ3n) is 3.90. The van der Waals surface area contributed by atoms with E-state index in [1.54, 1.807) is 19.2 Å². The summed E-state index contributed by atoms with van der Waals surface area (Å²) in [5.41, 5.74) is 0.913. The van der Waals surface area contributed by atoms with Crippen molar-refractivity contribution in [1.29, 1.82) is 0 Å². The Morgan fingerprint density at radius 2 is 1.85 bits per heavy atom. The van der Waals surface area contributed by atoms with Gasteiger partial charge in [0.1, 0.15) is 5.75 Å². The van der Waals surface area contributed by atoms with Gasteiger partial charge >= 0.3 is 6.36 Å². The van der Waals surface area contributed by atoms with E-state index in [-0.39, 0.29) is 5.75 Å². The van der Waals surface area contributed by atoms with Crippen LogP contribution < -0.4 is 15.4 Å². The van der Waals surface area contributed by atoms with Crippen LogP contribution in [0.5, 0.6) is 5.75 Å². The number of halogens is 3. The first kappa shape index (κ1) is 20.4. The molecule has 146 valence electrons. The van der Waals surface area contributed by atoms with Crippen LogP contribution in [0.25, 0.3) is 0 Å². The van der Waals surface area contributed by atoms with Crippen LogP contribution in [-0.2, 0) is 11.2 Å². The molecule has 1 aliphatic rings. The van der Waals surface area contributed by atoms with E-state index in [2.05, 4.69) is 20.4 Å². The minimum atomic E-state index is -4.66. The molecule has 0 saturated heterocycles. The third kappa shape index (κ3) is 8.94. The summed E-state index contributed by atoms with van der Waals surface area (Å²) in [4.78, 5) is 4.14. The van der Waals surface area contributed by atoms with Gasteiger partial charge in [0.15, 0.2) is 5.96 Å². The van der Waals surface area contributed by atoms with Crippen molar-refractivity contribution in [2.75, 3.05) is 33.4 Å². The van der Waals surface area contributed by atoms with E-state index >= 15 is 0 Å². The fourth-order valence-corrected chi connectivity index (χ4v) is 2.32. The van der Waals surface area contributed by atoms with Gasteiger partial charge in [-0.3, -0.25) is 4.99 Å². The van der Waals surface area contributed by atoms with Crippen LogP contribution in [0.4, 0.5) is 13.2 Å². The van der Waals surface area contributed by atoms with E-state index in [1.807, 2.05) is 0 Å². The molecule has 0 amide bonds. The zero-order valence-electron chi connectivity index (χ0n) is 14.9. The summed E-state index contributed by atoms with van der Waals surface area (Å²) in [6, 6.07) is 5.88. The molecule has 0 radical (unpaired) electrons. The van der Waals surface area contributed by atoms with Crippen molar-refractivity contribution in [3.8, 4) is 5.75 Å². The largest absolute Gasteiger partial charge is 0.573 e. The van der Waals surface area contributed by atoms with E-state index in [4.69, 9.17) is 4.74 Å². The quantitative estimate of drug-likeness (QED) is 0.376. The lowest BCUT2D eigenvalue weighted by molar-refractivity contribution is -0.274. The van der Waals surface area contributed by atoms with Crippen molar-refractivity contribution < 1.29 is 22.6 Å². The van der Waals surface area contributed by atoms with Crippen molar-refractivity contribution in [2.24, 2.45) is 10.9 Å². The normalized spacial score (nSPS) is 15.0. The Morgan fingerprint density at radius 3 is 2.46 bits per heavy atom. The van der Waals surface area contributed by atoms with Gasteiger partial charge in [-0.25, -0.2) is 0 Å². The van der Waals surface area contributed by atoms with Crippen LogP contribution >= 0.6 is 0 Å². The lowest BCUT2D eigenvalue weighted by Gasteiger charge is -2.12. The van der Waals surface area contributed by atoms with Crippen molar-refractivity contribution in [3.63, 3.8) is 0 Å². The number of nitrogens with zero attached hydrogens (tertiary/aromatic N) is 1. The number of nitrogens with one attached hydrogen (secondary N) is 2. The van der Waals surface area contributed by atoms with Crippen molar-refractivity contribution in [2.45, 2.75) is 32.0 Å². The first-order chi connectivity index (χ1) is 12.5. The Bertz CT molecular complexity index is 558. The standard InChI is InChI=1S/C18H26F3N3O2/c1-22-17(23-10-2-12-25-13-15-3-4-15)24-11-9-14-5-7-16(8-6-14)26-18(19,20)21/h5-8,15H,2-4,9-13H2,1H3,(H2,22,23,24). The summed E-state index contributed by atoms with van der Waals surface area (Å²) in [7, 11) is 1.70. The number of rotatable bonds is 10. The molecule has 0 heterocycles. The molecule has 0 aliphatic heterocycles. The summed E-state index contributed by atoms with van der Waals surface area (Å²) < 4.78 is 45.8. The van der Waals surface area contributed by atoms with Gasteiger partial charge < -0.3 is 20.1 Å². The van der Waals surface area contributed by atoms with Gasteiger partial charge in [-0.05, 0) is 49.3 Å². The van der Waals surface area contributed by atoms with Crippen LogP contribution in [0, 0.1) is 5.92 Å². The predicted molar refractivity (Wildman–Crippen MR) is 94.4 cm³/mol. The van der Waals surface area contributed by atoms with Gasteiger partial charge in [0.05, 0.1) is 0 Å². The summed E-state index contributed by atoms with van der Waals surface area (Å²) in [5, 5.41) is 6.38. The molecule has 2 rings (SSSR count). The third-order valence-corrected chi connectivity index (χ3v) is 3.90. The minimum absolute atomic E-state index is 0.212. The van der Waals surface area contributed by atoms with E-state index in [0.717, 1.165) is 37.7 Å². The molecular weight excluding hydrogens is 347 g/mol. The number of alkyl halides is 3. The minimum Gasteiger partial charge on any atom is -0.406 e. The highest BCUT2D eigenvalue weighted by molar-refractivity contribution is 5.79. The van der Waals surface area contributed by atoms with Crippen LogP contribution in [-0.4, -0.2) is 45.7 Å². The maximum atomic E-state index is 12.1. The Balaban J connectivity index is 1.57. The van der Waals surface area contributed by atoms with Crippen LogP contribution in [0.3, 0.4) is 0 Å². The molecule has 1 aliphatic carbocycles. The molecule has 26 heavy (non-hydrogen) atoms. The highest BCUT2D eigenvalue weighted by atomic mass is 19.4. The molecule has 0 unspecified atom stereocenters. The number of aliphatic imine (C=N–C) groups is 1. The molecule has 0 spiro atoms. The topological polar surface area (TPSA) is 54.9 Å². The molecule has 0 atom stereocenters. The Labute approximate surface area is 152 Å². The average molecular weight is 373 g/mol. The number of hydrogen-bond donors (Lipinski definition) is 2. The SMILES string of the molecule is CN=C(NCCCOCC1CC1)NCCc1ccc(OC(F)(F)F)cc1. The monoisotopic (exact) mass is 373 g/mol. The van der Waals surface area contributed by atoms with Gasteiger partial charge in [0.2, 0.25) is 0 Å². The summed E-state index contributed by atoms with van der Waals surface area (Å²) >= 11 is 0. The molecular formula is C18H26F3N3O2. The Kier molecular flexibility index (Phi) is 8.03. The molecule has 1 fully saturated rings. The number of hydrogen-bond acceptors (Lipinski definition) is 3. The number of ether oxygens (including phenoxy) is 2.